The van der Waals surface area contributed by atoms with E-state index in [0.717, 1.165) is 18.7 Å². The number of carbonyl (C=O) groups is 1. The molecular weight excluding hydrogens is 280 g/mol. The van der Waals surface area contributed by atoms with Crippen molar-refractivity contribution in [3.05, 3.63) is 52.2 Å². The first kappa shape index (κ1) is 14.6. The molecule has 0 saturated carbocycles. The molecule has 2 aromatic rings. The van der Waals surface area contributed by atoms with Gasteiger partial charge in [-0.2, -0.15) is 5.10 Å². The third-order valence-electron chi connectivity index (χ3n) is 4.09. The van der Waals surface area contributed by atoms with Crippen molar-refractivity contribution >= 4 is 5.91 Å². The van der Waals surface area contributed by atoms with Gasteiger partial charge in [0, 0.05) is 32.5 Å². The Labute approximate surface area is 128 Å². The zero-order chi connectivity index (χ0) is 15.4. The Morgan fingerprint density at radius 3 is 2.82 bits per heavy atom. The highest BCUT2D eigenvalue weighted by Gasteiger charge is 2.20. The lowest BCUT2D eigenvalue weighted by molar-refractivity contribution is -0.131. The minimum absolute atomic E-state index is 0.165. The van der Waals surface area contributed by atoms with E-state index in [1.807, 2.05) is 23.1 Å². The number of hydrogen-bond donors (Lipinski definition) is 1. The van der Waals surface area contributed by atoms with E-state index in [9.17, 15) is 9.59 Å². The summed E-state index contributed by atoms with van der Waals surface area (Å²) in [5, 5.41) is 6.46. The summed E-state index contributed by atoms with van der Waals surface area (Å²) >= 11 is 0. The topological polar surface area (TPSA) is 71.0 Å². The molecule has 1 aliphatic heterocycles. The monoisotopic (exact) mass is 300 g/mol. The lowest BCUT2D eigenvalue weighted by Crippen LogP contribution is -2.34. The van der Waals surface area contributed by atoms with E-state index in [4.69, 9.17) is 0 Å². The van der Waals surface area contributed by atoms with E-state index in [1.165, 1.54) is 5.56 Å². The fourth-order valence-corrected chi connectivity index (χ4v) is 2.84. The molecule has 0 bridgehead atoms. The molecule has 1 aliphatic rings. The fraction of sp³-hybridized carbons (Fsp3) is 0.438. The second kappa shape index (κ2) is 6.60. The van der Waals surface area contributed by atoms with E-state index in [-0.39, 0.29) is 11.6 Å². The molecule has 0 fully saturated rings. The van der Waals surface area contributed by atoms with Gasteiger partial charge in [0.1, 0.15) is 5.82 Å². The standard InChI is InChI=1S/C16H20N4O2/c21-15(8-4-7-13-5-2-1-3-6-13)19-10-9-14-17-18-16(22)20(14)12-11-19/h1-3,5-6H,4,7-12H2,(H,18,22). The Morgan fingerprint density at radius 2 is 2.00 bits per heavy atom. The smallest absolute Gasteiger partial charge is 0.340 e. The molecule has 0 aliphatic carbocycles. The summed E-state index contributed by atoms with van der Waals surface area (Å²) in [5.41, 5.74) is 1.08. The van der Waals surface area contributed by atoms with Crippen LogP contribution in [0.15, 0.2) is 35.1 Å². The predicted octanol–water partition coefficient (Wildman–Crippen LogP) is 0.979. The summed E-state index contributed by atoms with van der Waals surface area (Å²) < 4.78 is 1.62. The number of aryl methyl sites for hydroxylation is 1. The van der Waals surface area contributed by atoms with Crippen molar-refractivity contribution in [2.24, 2.45) is 0 Å². The maximum atomic E-state index is 12.3. The van der Waals surface area contributed by atoms with E-state index >= 15 is 0 Å². The normalized spacial score (nSPS) is 14.5. The van der Waals surface area contributed by atoms with E-state index in [0.29, 0.717) is 32.5 Å². The van der Waals surface area contributed by atoms with Gasteiger partial charge in [-0.3, -0.25) is 9.36 Å². The number of benzene rings is 1. The van der Waals surface area contributed by atoms with Crippen LogP contribution in [0.2, 0.25) is 0 Å². The molecule has 22 heavy (non-hydrogen) atoms. The number of nitrogens with one attached hydrogen (secondary N) is 1. The molecule has 1 aromatic carbocycles. The predicted molar refractivity (Wildman–Crippen MR) is 82.5 cm³/mol. The van der Waals surface area contributed by atoms with E-state index in [2.05, 4.69) is 22.3 Å². The van der Waals surface area contributed by atoms with E-state index < -0.39 is 0 Å². The number of hydrogen-bond acceptors (Lipinski definition) is 3. The maximum absolute atomic E-state index is 12.3. The number of carbonyl (C=O) groups excluding carboxylic acids is 1. The summed E-state index contributed by atoms with van der Waals surface area (Å²) in [5.74, 6) is 0.905. The van der Waals surface area contributed by atoms with Crippen LogP contribution in [0.1, 0.15) is 24.2 Å². The van der Waals surface area contributed by atoms with Gasteiger partial charge in [-0.15, -0.1) is 0 Å². The lowest BCUT2D eigenvalue weighted by atomic mass is 10.1. The minimum Gasteiger partial charge on any atom is -0.340 e. The van der Waals surface area contributed by atoms with Gasteiger partial charge in [-0.05, 0) is 18.4 Å². The third-order valence-corrected chi connectivity index (χ3v) is 4.09. The van der Waals surface area contributed by atoms with Gasteiger partial charge in [0.05, 0.1) is 0 Å². The first-order chi connectivity index (χ1) is 10.7. The summed E-state index contributed by atoms with van der Waals surface area (Å²) in [4.78, 5) is 25.7. The average molecular weight is 300 g/mol. The molecule has 6 heteroatoms. The molecule has 0 atom stereocenters. The highest BCUT2D eigenvalue weighted by atomic mass is 16.2. The summed E-state index contributed by atoms with van der Waals surface area (Å²) in [6.07, 6.45) is 2.95. The molecule has 6 nitrogen and oxygen atoms in total. The number of aromatic nitrogens is 3. The second-order valence-electron chi connectivity index (χ2n) is 5.57. The van der Waals surface area contributed by atoms with Gasteiger partial charge < -0.3 is 4.90 Å². The van der Waals surface area contributed by atoms with Crippen molar-refractivity contribution in [1.82, 2.24) is 19.7 Å². The number of fused-ring (bicyclic) bond motifs is 1. The molecule has 1 amide bonds. The molecule has 2 heterocycles. The third kappa shape index (κ3) is 3.27. The summed E-state index contributed by atoms with van der Waals surface area (Å²) in [7, 11) is 0. The average Bonchev–Trinajstić information content (AvgIpc) is 2.76. The van der Waals surface area contributed by atoms with Gasteiger partial charge >= 0.3 is 5.69 Å². The van der Waals surface area contributed by atoms with E-state index in [1.54, 1.807) is 4.57 Å². The summed E-state index contributed by atoms with van der Waals surface area (Å²) in [6, 6.07) is 10.2. The Balaban J connectivity index is 1.50. The highest BCUT2D eigenvalue weighted by molar-refractivity contribution is 5.76. The Morgan fingerprint density at radius 1 is 1.18 bits per heavy atom. The van der Waals surface area contributed by atoms with Crippen molar-refractivity contribution < 1.29 is 4.79 Å². The second-order valence-corrected chi connectivity index (χ2v) is 5.57. The molecule has 1 N–H and O–H groups in total. The van der Waals surface area contributed by atoms with Crippen LogP contribution in [0.5, 0.6) is 0 Å². The molecule has 3 rings (SSSR count). The molecular formula is C16H20N4O2. The first-order valence-corrected chi connectivity index (χ1v) is 7.70. The van der Waals surface area contributed by atoms with Gasteiger partial charge in [0.2, 0.25) is 5.91 Å². The van der Waals surface area contributed by atoms with Crippen LogP contribution >= 0.6 is 0 Å². The van der Waals surface area contributed by atoms with Crippen molar-refractivity contribution in [3.8, 4) is 0 Å². The number of H-pyrrole nitrogens is 1. The quantitative estimate of drug-likeness (QED) is 0.915. The van der Waals surface area contributed by atoms with Crippen molar-refractivity contribution in [3.63, 3.8) is 0 Å². The van der Waals surface area contributed by atoms with Crippen molar-refractivity contribution in [1.29, 1.82) is 0 Å². The number of rotatable bonds is 4. The first-order valence-electron chi connectivity index (χ1n) is 7.70. The Bertz CT molecular complexity index is 690. The van der Waals surface area contributed by atoms with Crippen LogP contribution in [-0.4, -0.2) is 38.7 Å². The lowest BCUT2D eigenvalue weighted by Gasteiger charge is -2.19. The number of aromatic amines is 1. The number of nitrogens with zero attached hydrogens (tertiary/aromatic N) is 3. The molecule has 0 saturated heterocycles. The number of amides is 1. The fourth-order valence-electron chi connectivity index (χ4n) is 2.84. The SMILES string of the molecule is O=C(CCCc1ccccc1)N1CCc2n[nH]c(=O)n2CC1. The molecule has 116 valence electrons. The van der Waals surface area contributed by atoms with Gasteiger partial charge in [-0.1, -0.05) is 30.3 Å². The van der Waals surface area contributed by atoms with Gasteiger partial charge in [0.25, 0.3) is 0 Å². The van der Waals surface area contributed by atoms with Crippen LogP contribution in [-0.2, 0) is 24.2 Å². The molecule has 1 aromatic heterocycles. The molecule has 0 spiro atoms. The Hall–Kier alpha value is -2.37. The minimum atomic E-state index is -0.187. The zero-order valence-corrected chi connectivity index (χ0v) is 12.5. The highest BCUT2D eigenvalue weighted by Crippen LogP contribution is 2.09. The van der Waals surface area contributed by atoms with Crippen LogP contribution in [0.4, 0.5) is 0 Å². The molecule has 0 radical (unpaired) electrons. The van der Waals surface area contributed by atoms with Crippen LogP contribution < -0.4 is 5.69 Å². The van der Waals surface area contributed by atoms with Crippen molar-refractivity contribution in [2.45, 2.75) is 32.2 Å². The Kier molecular flexibility index (Phi) is 4.37. The van der Waals surface area contributed by atoms with Crippen molar-refractivity contribution in [2.75, 3.05) is 13.1 Å². The van der Waals surface area contributed by atoms with Crippen LogP contribution in [0.3, 0.4) is 0 Å². The zero-order valence-electron chi connectivity index (χ0n) is 12.5. The van der Waals surface area contributed by atoms with Crippen LogP contribution in [0, 0.1) is 0 Å². The largest absolute Gasteiger partial charge is 0.343 e. The molecule has 0 unspecified atom stereocenters. The van der Waals surface area contributed by atoms with Crippen LogP contribution in [0.25, 0.3) is 0 Å². The summed E-state index contributed by atoms with van der Waals surface area (Å²) in [6.45, 7) is 1.74. The van der Waals surface area contributed by atoms with Gasteiger partial charge in [-0.25, -0.2) is 9.89 Å². The maximum Gasteiger partial charge on any atom is 0.343 e. The van der Waals surface area contributed by atoms with Gasteiger partial charge in [0.15, 0.2) is 0 Å².